The summed E-state index contributed by atoms with van der Waals surface area (Å²) in [5.41, 5.74) is 2.77. The highest BCUT2D eigenvalue weighted by molar-refractivity contribution is 6.00. The van der Waals surface area contributed by atoms with Crippen LogP contribution in [-0.2, 0) is 4.74 Å². The molecule has 5 rings (SSSR count). The van der Waals surface area contributed by atoms with E-state index >= 15 is 0 Å². The molecule has 3 aromatic rings. The number of carbonyl (C=O) groups is 1. The van der Waals surface area contributed by atoms with Crippen molar-refractivity contribution in [3.8, 4) is 22.8 Å². The van der Waals surface area contributed by atoms with Gasteiger partial charge in [-0.1, -0.05) is 0 Å². The molecule has 8 nitrogen and oxygen atoms in total. The number of rotatable bonds is 2. The summed E-state index contributed by atoms with van der Waals surface area (Å²) in [5.74, 6) is 1.35. The van der Waals surface area contributed by atoms with Gasteiger partial charge in [-0.15, -0.1) is 0 Å². The molecule has 0 N–H and O–H groups in total. The van der Waals surface area contributed by atoms with Crippen molar-refractivity contribution >= 4 is 11.6 Å². The van der Waals surface area contributed by atoms with Gasteiger partial charge in [0.25, 0.3) is 5.91 Å². The summed E-state index contributed by atoms with van der Waals surface area (Å²) in [4.78, 5) is 19.0. The van der Waals surface area contributed by atoms with Crippen LogP contribution < -0.4 is 9.47 Å². The molecule has 2 aliphatic heterocycles. The Hall–Kier alpha value is -3.13. The number of amides is 1. The molecule has 1 amide bonds. The summed E-state index contributed by atoms with van der Waals surface area (Å²) in [7, 11) is 0. The molecular weight excluding hydrogens is 336 g/mol. The zero-order valence-corrected chi connectivity index (χ0v) is 13.9. The number of hydrogen-bond donors (Lipinski definition) is 0. The molecule has 0 spiro atoms. The van der Waals surface area contributed by atoms with Gasteiger partial charge in [-0.2, -0.15) is 5.10 Å². The highest BCUT2D eigenvalue weighted by Crippen LogP contribution is 2.35. The first-order valence-corrected chi connectivity index (χ1v) is 8.41. The lowest BCUT2D eigenvalue weighted by molar-refractivity contribution is 0.0304. The summed E-state index contributed by atoms with van der Waals surface area (Å²) >= 11 is 0. The molecule has 0 aliphatic carbocycles. The van der Waals surface area contributed by atoms with E-state index in [1.165, 1.54) is 0 Å². The van der Waals surface area contributed by atoms with Gasteiger partial charge in [0.1, 0.15) is 5.56 Å². The molecule has 0 radical (unpaired) electrons. The van der Waals surface area contributed by atoms with E-state index in [1.54, 1.807) is 21.8 Å². The number of benzene rings is 1. The predicted octanol–water partition coefficient (Wildman–Crippen LogP) is 1.60. The van der Waals surface area contributed by atoms with E-state index in [1.807, 2.05) is 24.3 Å². The maximum absolute atomic E-state index is 12.8. The van der Waals surface area contributed by atoms with Crippen LogP contribution in [0.5, 0.6) is 11.5 Å². The van der Waals surface area contributed by atoms with Gasteiger partial charge >= 0.3 is 0 Å². The van der Waals surface area contributed by atoms with E-state index in [4.69, 9.17) is 14.2 Å². The summed E-state index contributed by atoms with van der Waals surface area (Å²) in [5, 5.41) is 4.41. The molecule has 0 atom stereocenters. The Labute approximate surface area is 148 Å². The summed E-state index contributed by atoms with van der Waals surface area (Å²) in [6, 6.07) is 7.57. The van der Waals surface area contributed by atoms with Gasteiger partial charge < -0.3 is 19.1 Å². The predicted molar refractivity (Wildman–Crippen MR) is 91.3 cm³/mol. The number of hydrogen-bond acceptors (Lipinski definition) is 6. The monoisotopic (exact) mass is 352 g/mol. The van der Waals surface area contributed by atoms with E-state index in [2.05, 4.69) is 10.1 Å². The number of fused-ring (bicyclic) bond motifs is 2. The summed E-state index contributed by atoms with van der Waals surface area (Å²) in [6.07, 6.45) is 3.27. The number of carbonyl (C=O) groups excluding carboxylic acids is 1. The van der Waals surface area contributed by atoms with Crippen molar-refractivity contribution in [2.75, 3.05) is 33.1 Å². The molecule has 1 aromatic carbocycles. The van der Waals surface area contributed by atoms with E-state index in [-0.39, 0.29) is 12.7 Å². The van der Waals surface area contributed by atoms with Crippen molar-refractivity contribution in [2.45, 2.75) is 0 Å². The Morgan fingerprint density at radius 1 is 1.08 bits per heavy atom. The standard InChI is InChI=1S/C18H16N4O4/c23-18(21-5-7-24-8-6-21)13-10-20-22-14(3-4-19-17(13)22)12-1-2-15-16(9-12)26-11-25-15/h1-4,9-10H,5-8,11H2. The lowest BCUT2D eigenvalue weighted by Crippen LogP contribution is -2.40. The van der Waals surface area contributed by atoms with E-state index in [9.17, 15) is 4.79 Å². The molecule has 26 heavy (non-hydrogen) atoms. The zero-order chi connectivity index (χ0) is 17.5. The minimum atomic E-state index is -0.0707. The van der Waals surface area contributed by atoms with Crippen LogP contribution in [0.4, 0.5) is 0 Å². The Morgan fingerprint density at radius 3 is 2.81 bits per heavy atom. The third kappa shape index (κ3) is 2.38. The molecule has 8 heteroatoms. The molecule has 4 heterocycles. The largest absolute Gasteiger partial charge is 0.454 e. The Bertz CT molecular complexity index is 994. The van der Waals surface area contributed by atoms with Gasteiger partial charge in [0.15, 0.2) is 17.1 Å². The van der Waals surface area contributed by atoms with Gasteiger partial charge in [-0.3, -0.25) is 4.79 Å². The second-order valence-electron chi connectivity index (χ2n) is 6.10. The fourth-order valence-electron chi connectivity index (χ4n) is 3.25. The van der Waals surface area contributed by atoms with Crippen molar-refractivity contribution in [1.82, 2.24) is 19.5 Å². The fourth-order valence-corrected chi connectivity index (χ4v) is 3.25. The minimum absolute atomic E-state index is 0.0707. The quantitative estimate of drug-likeness (QED) is 0.697. The number of ether oxygens (including phenoxy) is 3. The van der Waals surface area contributed by atoms with Crippen molar-refractivity contribution in [1.29, 1.82) is 0 Å². The third-order valence-electron chi connectivity index (χ3n) is 4.60. The average Bonchev–Trinajstić information content (AvgIpc) is 3.34. The number of aromatic nitrogens is 3. The Balaban J connectivity index is 1.56. The second kappa shape index (κ2) is 5.99. The maximum atomic E-state index is 12.8. The lowest BCUT2D eigenvalue weighted by Gasteiger charge is -2.26. The van der Waals surface area contributed by atoms with Crippen LogP contribution in [-0.4, -0.2) is 58.5 Å². The maximum Gasteiger partial charge on any atom is 0.259 e. The first-order valence-electron chi connectivity index (χ1n) is 8.41. The SMILES string of the molecule is O=C(c1cnn2c(-c3ccc4c(c3)OCO4)ccnc12)N1CCOCC1. The van der Waals surface area contributed by atoms with Gasteiger partial charge in [0.05, 0.1) is 25.1 Å². The van der Waals surface area contributed by atoms with Gasteiger partial charge in [0.2, 0.25) is 6.79 Å². The third-order valence-corrected chi connectivity index (χ3v) is 4.60. The van der Waals surface area contributed by atoms with Crippen LogP contribution in [0.2, 0.25) is 0 Å². The van der Waals surface area contributed by atoms with Crippen LogP contribution in [0.25, 0.3) is 16.9 Å². The molecule has 0 saturated carbocycles. The first-order chi connectivity index (χ1) is 12.8. The van der Waals surface area contributed by atoms with Gasteiger partial charge in [0, 0.05) is 24.8 Å². The van der Waals surface area contributed by atoms with E-state index in [0.717, 1.165) is 17.0 Å². The first kappa shape index (κ1) is 15.2. The minimum Gasteiger partial charge on any atom is -0.454 e. The highest BCUT2D eigenvalue weighted by atomic mass is 16.7. The molecule has 2 aromatic heterocycles. The number of morpholine rings is 1. The Morgan fingerprint density at radius 2 is 1.92 bits per heavy atom. The molecule has 0 unspecified atom stereocenters. The molecule has 1 saturated heterocycles. The van der Waals surface area contributed by atoms with E-state index < -0.39 is 0 Å². The topological polar surface area (TPSA) is 78.2 Å². The van der Waals surface area contributed by atoms with Crippen molar-refractivity contribution in [2.24, 2.45) is 0 Å². The lowest BCUT2D eigenvalue weighted by atomic mass is 10.1. The second-order valence-corrected chi connectivity index (χ2v) is 6.10. The van der Waals surface area contributed by atoms with Crippen molar-refractivity contribution < 1.29 is 19.0 Å². The van der Waals surface area contributed by atoms with Gasteiger partial charge in [-0.05, 0) is 24.3 Å². The number of nitrogens with zero attached hydrogens (tertiary/aromatic N) is 4. The summed E-state index contributed by atoms with van der Waals surface area (Å²) in [6.45, 7) is 2.50. The van der Waals surface area contributed by atoms with Crippen LogP contribution in [0.1, 0.15) is 10.4 Å². The van der Waals surface area contributed by atoms with Crippen LogP contribution in [0.3, 0.4) is 0 Å². The van der Waals surface area contributed by atoms with Crippen molar-refractivity contribution in [3.05, 3.63) is 42.2 Å². The molecular formula is C18H16N4O4. The average molecular weight is 352 g/mol. The normalized spacial score (nSPS) is 16.2. The Kier molecular flexibility index (Phi) is 3.49. The molecule has 1 fully saturated rings. The molecule has 132 valence electrons. The smallest absolute Gasteiger partial charge is 0.259 e. The van der Waals surface area contributed by atoms with Crippen LogP contribution in [0, 0.1) is 0 Å². The fraction of sp³-hybridized carbons (Fsp3) is 0.278. The highest BCUT2D eigenvalue weighted by Gasteiger charge is 2.23. The van der Waals surface area contributed by atoms with Crippen molar-refractivity contribution in [3.63, 3.8) is 0 Å². The molecule has 0 bridgehead atoms. The van der Waals surface area contributed by atoms with Gasteiger partial charge in [-0.25, -0.2) is 9.50 Å². The van der Waals surface area contributed by atoms with Crippen LogP contribution in [0.15, 0.2) is 36.7 Å². The van der Waals surface area contributed by atoms with Crippen LogP contribution >= 0.6 is 0 Å². The van der Waals surface area contributed by atoms with E-state index in [0.29, 0.717) is 43.3 Å². The summed E-state index contributed by atoms with van der Waals surface area (Å²) < 4.78 is 17.8. The molecule has 2 aliphatic rings. The zero-order valence-electron chi connectivity index (χ0n) is 13.9.